The Balaban J connectivity index is 2.16. The van der Waals surface area contributed by atoms with E-state index < -0.39 is 0 Å². The van der Waals surface area contributed by atoms with Crippen molar-refractivity contribution in [2.75, 3.05) is 18.8 Å². The molecular weight excluding hydrogens is 240 g/mol. The molecule has 1 heterocycles. The molecule has 2 nitrogen and oxygen atoms in total. The SMILES string of the molecule is Cc1cc(C)c(C)c(SCC2=NCCCN2)c1C. The summed E-state index contributed by atoms with van der Waals surface area (Å²) in [6.45, 7) is 10.9. The zero-order valence-corrected chi connectivity index (χ0v) is 12.6. The Kier molecular flexibility index (Phi) is 4.33. The maximum absolute atomic E-state index is 4.53. The Bertz CT molecular complexity index is 452. The van der Waals surface area contributed by atoms with Gasteiger partial charge in [-0.15, -0.1) is 11.8 Å². The van der Waals surface area contributed by atoms with Gasteiger partial charge < -0.3 is 5.32 Å². The number of hydrogen-bond donors (Lipinski definition) is 1. The van der Waals surface area contributed by atoms with Crippen molar-refractivity contribution in [1.82, 2.24) is 5.32 Å². The van der Waals surface area contributed by atoms with Crippen LogP contribution < -0.4 is 5.32 Å². The molecule has 0 spiro atoms. The van der Waals surface area contributed by atoms with Crippen LogP contribution in [0.3, 0.4) is 0 Å². The van der Waals surface area contributed by atoms with E-state index >= 15 is 0 Å². The minimum Gasteiger partial charge on any atom is -0.373 e. The Morgan fingerprint density at radius 2 is 1.83 bits per heavy atom. The molecule has 0 amide bonds. The lowest BCUT2D eigenvalue weighted by atomic mass is 10.0. The number of nitrogens with zero attached hydrogens (tertiary/aromatic N) is 1. The molecule has 0 saturated carbocycles. The van der Waals surface area contributed by atoms with Crippen LogP contribution in [0.5, 0.6) is 0 Å². The van der Waals surface area contributed by atoms with Gasteiger partial charge in [0.2, 0.25) is 0 Å². The third kappa shape index (κ3) is 2.89. The van der Waals surface area contributed by atoms with Crippen molar-refractivity contribution in [3.8, 4) is 0 Å². The fraction of sp³-hybridized carbons (Fsp3) is 0.533. The molecule has 0 radical (unpaired) electrons. The van der Waals surface area contributed by atoms with Crippen LogP contribution in [-0.4, -0.2) is 24.7 Å². The minimum absolute atomic E-state index is 0.963. The van der Waals surface area contributed by atoms with Crippen LogP contribution >= 0.6 is 11.8 Å². The van der Waals surface area contributed by atoms with E-state index in [1.165, 1.54) is 27.1 Å². The van der Waals surface area contributed by atoms with Gasteiger partial charge in [-0.2, -0.15) is 0 Å². The molecule has 2 rings (SSSR count). The zero-order valence-electron chi connectivity index (χ0n) is 11.8. The van der Waals surface area contributed by atoms with Crippen LogP contribution in [0.2, 0.25) is 0 Å². The van der Waals surface area contributed by atoms with Crippen LogP contribution in [0, 0.1) is 27.7 Å². The summed E-state index contributed by atoms with van der Waals surface area (Å²) in [5, 5.41) is 3.39. The Morgan fingerprint density at radius 1 is 1.17 bits per heavy atom. The van der Waals surface area contributed by atoms with Gasteiger partial charge in [-0.05, 0) is 56.4 Å². The quantitative estimate of drug-likeness (QED) is 0.844. The summed E-state index contributed by atoms with van der Waals surface area (Å²) in [5.41, 5.74) is 5.61. The fourth-order valence-corrected chi connectivity index (χ4v) is 3.45. The lowest BCUT2D eigenvalue weighted by Gasteiger charge is -2.17. The normalized spacial score (nSPS) is 15.2. The molecule has 0 aliphatic carbocycles. The lowest BCUT2D eigenvalue weighted by molar-refractivity contribution is 0.740. The molecule has 0 aromatic heterocycles. The molecule has 1 aliphatic heterocycles. The van der Waals surface area contributed by atoms with Gasteiger partial charge in [0.1, 0.15) is 5.84 Å². The minimum atomic E-state index is 0.963. The predicted molar refractivity (Wildman–Crippen MR) is 81.0 cm³/mol. The van der Waals surface area contributed by atoms with E-state index in [4.69, 9.17) is 0 Å². The highest BCUT2D eigenvalue weighted by molar-refractivity contribution is 8.00. The van der Waals surface area contributed by atoms with Crippen molar-refractivity contribution in [2.45, 2.75) is 39.0 Å². The molecule has 1 aromatic rings. The second kappa shape index (κ2) is 5.79. The number of nitrogens with one attached hydrogen (secondary N) is 1. The summed E-state index contributed by atoms with van der Waals surface area (Å²) in [6.07, 6.45) is 1.16. The number of benzene rings is 1. The fourth-order valence-electron chi connectivity index (χ4n) is 2.22. The van der Waals surface area contributed by atoms with Crippen LogP contribution in [0.15, 0.2) is 16.0 Å². The van der Waals surface area contributed by atoms with Gasteiger partial charge in [0, 0.05) is 18.0 Å². The van der Waals surface area contributed by atoms with Gasteiger partial charge in [0.05, 0.1) is 5.75 Å². The van der Waals surface area contributed by atoms with E-state index in [0.717, 1.165) is 31.1 Å². The Hall–Kier alpha value is -0.960. The van der Waals surface area contributed by atoms with Gasteiger partial charge in [-0.25, -0.2) is 0 Å². The molecule has 1 aliphatic rings. The highest BCUT2D eigenvalue weighted by Crippen LogP contribution is 2.30. The first-order valence-electron chi connectivity index (χ1n) is 6.57. The summed E-state index contributed by atoms with van der Waals surface area (Å²) < 4.78 is 0. The number of rotatable bonds is 3. The summed E-state index contributed by atoms with van der Waals surface area (Å²) in [6, 6.07) is 2.28. The van der Waals surface area contributed by atoms with E-state index in [9.17, 15) is 0 Å². The largest absolute Gasteiger partial charge is 0.373 e. The molecule has 1 aromatic carbocycles. The van der Waals surface area contributed by atoms with Crippen molar-refractivity contribution >= 4 is 17.6 Å². The molecule has 98 valence electrons. The maximum atomic E-state index is 4.53. The molecule has 0 atom stereocenters. The molecule has 0 unspecified atom stereocenters. The molecule has 0 saturated heterocycles. The van der Waals surface area contributed by atoms with Crippen LogP contribution in [0.1, 0.15) is 28.7 Å². The predicted octanol–water partition coefficient (Wildman–Crippen LogP) is 3.40. The number of aliphatic imine (C=N–C) groups is 1. The summed E-state index contributed by atoms with van der Waals surface area (Å²) in [5.74, 6) is 2.12. The second-order valence-electron chi connectivity index (χ2n) is 4.99. The molecular formula is C15H22N2S. The van der Waals surface area contributed by atoms with Crippen molar-refractivity contribution < 1.29 is 0 Å². The highest BCUT2D eigenvalue weighted by Gasteiger charge is 2.11. The van der Waals surface area contributed by atoms with E-state index in [2.05, 4.69) is 44.1 Å². The molecule has 18 heavy (non-hydrogen) atoms. The molecule has 0 bridgehead atoms. The molecule has 0 fully saturated rings. The molecule has 3 heteroatoms. The van der Waals surface area contributed by atoms with Crippen LogP contribution in [0.4, 0.5) is 0 Å². The first-order chi connectivity index (χ1) is 8.59. The number of aryl methyl sites for hydroxylation is 2. The lowest BCUT2D eigenvalue weighted by Crippen LogP contribution is -2.31. The van der Waals surface area contributed by atoms with E-state index in [1.807, 2.05) is 11.8 Å². The standard InChI is InChI=1S/C15H22N2S/c1-10-8-11(2)13(4)15(12(10)3)18-9-14-16-6-5-7-17-14/h8H,5-7,9H2,1-4H3,(H,16,17). The monoisotopic (exact) mass is 262 g/mol. The van der Waals surface area contributed by atoms with Gasteiger partial charge >= 0.3 is 0 Å². The number of thioether (sulfide) groups is 1. The van der Waals surface area contributed by atoms with E-state index in [-0.39, 0.29) is 0 Å². The summed E-state index contributed by atoms with van der Waals surface area (Å²) in [4.78, 5) is 5.97. The van der Waals surface area contributed by atoms with Crippen LogP contribution in [-0.2, 0) is 0 Å². The van der Waals surface area contributed by atoms with E-state index in [0.29, 0.717) is 0 Å². The average Bonchev–Trinajstić information content (AvgIpc) is 2.38. The van der Waals surface area contributed by atoms with Gasteiger partial charge in [0.15, 0.2) is 0 Å². The number of hydrogen-bond acceptors (Lipinski definition) is 3. The van der Waals surface area contributed by atoms with E-state index in [1.54, 1.807) is 0 Å². The van der Waals surface area contributed by atoms with Crippen molar-refractivity contribution in [1.29, 1.82) is 0 Å². The highest BCUT2D eigenvalue weighted by atomic mass is 32.2. The Labute approximate surface area is 114 Å². The third-order valence-electron chi connectivity index (χ3n) is 3.62. The topological polar surface area (TPSA) is 24.4 Å². The first kappa shape index (κ1) is 13.5. The van der Waals surface area contributed by atoms with Gasteiger partial charge in [-0.3, -0.25) is 4.99 Å². The first-order valence-corrected chi connectivity index (χ1v) is 7.55. The van der Waals surface area contributed by atoms with Crippen LogP contribution in [0.25, 0.3) is 0 Å². The van der Waals surface area contributed by atoms with Crippen molar-refractivity contribution in [2.24, 2.45) is 4.99 Å². The maximum Gasteiger partial charge on any atom is 0.107 e. The summed E-state index contributed by atoms with van der Waals surface area (Å²) >= 11 is 1.92. The zero-order chi connectivity index (χ0) is 13.1. The smallest absolute Gasteiger partial charge is 0.107 e. The molecule has 1 N–H and O–H groups in total. The second-order valence-corrected chi connectivity index (χ2v) is 5.97. The Morgan fingerprint density at radius 3 is 2.39 bits per heavy atom. The van der Waals surface area contributed by atoms with Gasteiger partial charge in [0.25, 0.3) is 0 Å². The average molecular weight is 262 g/mol. The summed E-state index contributed by atoms with van der Waals surface area (Å²) in [7, 11) is 0. The van der Waals surface area contributed by atoms with Crippen molar-refractivity contribution in [3.05, 3.63) is 28.3 Å². The van der Waals surface area contributed by atoms with Gasteiger partial charge in [-0.1, -0.05) is 6.07 Å². The van der Waals surface area contributed by atoms with Crippen molar-refractivity contribution in [3.63, 3.8) is 0 Å². The third-order valence-corrected chi connectivity index (χ3v) is 4.94. The number of amidine groups is 1.